The summed E-state index contributed by atoms with van der Waals surface area (Å²) in [6.45, 7) is 10.2. The summed E-state index contributed by atoms with van der Waals surface area (Å²) in [5.74, 6) is -2.48. The Bertz CT molecular complexity index is 1390. The van der Waals surface area contributed by atoms with E-state index in [1.54, 1.807) is 44.4 Å². The summed E-state index contributed by atoms with van der Waals surface area (Å²) >= 11 is 0. The molecule has 228 valence electrons. The van der Waals surface area contributed by atoms with Crippen LogP contribution in [0.1, 0.15) is 38.7 Å². The van der Waals surface area contributed by atoms with E-state index in [4.69, 9.17) is 4.74 Å². The molecule has 1 fully saturated rings. The summed E-state index contributed by atoms with van der Waals surface area (Å²) in [5.41, 5.74) is 2.85. The molecule has 43 heavy (non-hydrogen) atoms. The van der Waals surface area contributed by atoms with Crippen LogP contribution in [0.15, 0.2) is 83.4 Å². The lowest BCUT2D eigenvalue weighted by Gasteiger charge is -2.36. The van der Waals surface area contributed by atoms with Crippen molar-refractivity contribution in [3.05, 3.63) is 89.0 Å². The number of carboxylic acid groups (broad SMARTS) is 2. The number of allylic oxidation sites excluding steroid dienone is 3. The predicted octanol–water partition coefficient (Wildman–Crippen LogP) is 4.34. The molecule has 0 unspecified atom stereocenters. The van der Waals surface area contributed by atoms with Gasteiger partial charge in [-0.1, -0.05) is 30.3 Å². The number of piperazine rings is 1. The zero-order valence-electron chi connectivity index (χ0n) is 24.7. The molecule has 2 aliphatic heterocycles. The van der Waals surface area contributed by atoms with Crippen molar-refractivity contribution in [2.75, 3.05) is 49.5 Å². The first-order chi connectivity index (χ1) is 20.7. The second-order valence-corrected chi connectivity index (χ2v) is 10.5. The summed E-state index contributed by atoms with van der Waals surface area (Å²) in [6, 6.07) is 14.3. The second-order valence-electron chi connectivity index (χ2n) is 10.5. The van der Waals surface area contributed by atoms with Gasteiger partial charge in [0.1, 0.15) is 5.75 Å². The minimum atomic E-state index is -1.19. The van der Waals surface area contributed by atoms with Crippen molar-refractivity contribution >= 4 is 29.3 Å². The summed E-state index contributed by atoms with van der Waals surface area (Å²) in [6.07, 6.45) is 4.35. The van der Waals surface area contributed by atoms with Crippen molar-refractivity contribution in [1.29, 1.82) is 0 Å². The van der Waals surface area contributed by atoms with Crippen molar-refractivity contribution < 1.29 is 29.3 Å². The Morgan fingerprint density at radius 1 is 0.953 bits per heavy atom. The van der Waals surface area contributed by atoms with E-state index >= 15 is 0 Å². The quantitative estimate of drug-likeness (QED) is 0.191. The summed E-state index contributed by atoms with van der Waals surface area (Å²) in [7, 11) is 0. The molecule has 11 heteroatoms. The van der Waals surface area contributed by atoms with Crippen LogP contribution >= 0.6 is 0 Å². The van der Waals surface area contributed by atoms with Gasteiger partial charge in [-0.25, -0.2) is 14.4 Å². The average Bonchev–Trinajstić information content (AvgIpc) is 2.98. The van der Waals surface area contributed by atoms with Crippen LogP contribution in [0.3, 0.4) is 0 Å². The van der Waals surface area contributed by atoms with Crippen LogP contribution in [0.2, 0.25) is 0 Å². The lowest BCUT2D eigenvalue weighted by molar-refractivity contribution is -0.133. The molecule has 0 bridgehead atoms. The number of nitrogens with zero attached hydrogens (tertiary/aromatic N) is 2. The maximum absolute atomic E-state index is 12.5. The SMILES string of the molecule is CC=COc1ccccc1N1CCN(CCCNC(=O)Nc2ccc(C3C(C(=O)O)=C(C)NC(C)=C3C(=O)O)cc2)CC1. The highest BCUT2D eigenvalue weighted by atomic mass is 16.5. The van der Waals surface area contributed by atoms with Gasteiger partial charge in [-0.2, -0.15) is 0 Å². The number of carbonyl (C=O) groups is 3. The van der Waals surface area contributed by atoms with Crippen LogP contribution in [-0.4, -0.2) is 72.4 Å². The van der Waals surface area contributed by atoms with E-state index in [0.29, 0.717) is 29.2 Å². The molecular weight excluding hydrogens is 550 g/mol. The van der Waals surface area contributed by atoms with Crippen molar-refractivity contribution in [2.45, 2.75) is 33.1 Å². The highest BCUT2D eigenvalue weighted by Crippen LogP contribution is 2.38. The fraction of sp³-hybridized carbons (Fsp3) is 0.344. The molecule has 0 atom stereocenters. The van der Waals surface area contributed by atoms with Gasteiger partial charge in [0.15, 0.2) is 0 Å². The topological polar surface area (TPSA) is 143 Å². The van der Waals surface area contributed by atoms with Crippen molar-refractivity contribution in [1.82, 2.24) is 15.5 Å². The van der Waals surface area contributed by atoms with Crippen molar-refractivity contribution in [2.24, 2.45) is 0 Å². The Morgan fingerprint density at radius 2 is 1.58 bits per heavy atom. The molecule has 0 aliphatic carbocycles. The lowest BCUT2D eigenvalue weighted by atomic mass is 9.80. The van der Waals surface area contributed by atoms with E-state index in [0.717, 1.165) is 50.6 Å². The van der Waals surface area contributed by atoms with Gasteiger partial charge in [0.05, 0.1) is 29.0 Å². The van der Waals surface area contributed by atoms with Gasteiger partial charge in [-0.15, -0.1) is 0 Å². The Balaban J connectivity index is 1.24. The molecule has 4 rings (SSSR count). The summed E-state index contributed by atoms with van der Waals surface area (Å²) < 4.78 is 5.75. The monoisotopic (exact) mass is 589 g/mol. The average molecular weight is 590 g/mol. The molecule has 1 saturated heterocycles. The van der Waals surface area contributed by atoms with E-state index in [1.165, 1.54) is 0 Å². The third-order valence-corrected chi connectivity index (χ3v) is 7.57. The molecule has 0 aromatic heterocycles. The number of urea groups is 1. The Kier molecular flexibility index (Phi) is 10.4. The molecule has 2 heterocycles. The number of amides is 2. The van der Waals surface area contributed by atoms with Crippen molar-refractivity contribution in [3.63, 3.8) is 0 Å². The maximum atomic E-state index is 12.5. The van der Waals surface area contributed by atoms with Gasteiger partial charge in [0, 0.05) is 49.8 Å². The molecule has 0 spiro atoms. The predicted molar refractivity (Wildman–Crippen MR) is 165 cm³/mol. The number of para-hydroxylation sites is 2. The lowest BCUT2D eigenvalue weighted by Crippen LogP contribution is -2.47. The first-order valence-electron chi connectivity index (χ1n) is 14.3. The Labute approximate surface area is 251 Å². The molecule has 11 nitrogen and oxygen atoms in total. The molecule has 2 amide bonds. The van der Waals surface area contributed by atoms with Gasteiger partial charge >= 0.3 is 18.0 Å². The minimum Gasteiger partial charge on any atom is -0.478 e. The maximum Gasteiger partial charge on any atom is 0.334 e. The fourth-order valence-electron chi connectivity index (χ4n) is 5.50. The van der Waals surface area contributed by atoms with E-state index in [2.05, 4.69) is 31.8 Å². The zero-order valence-corrected chi connectivity index (χ0v) is 24.7. The molecule has 5 N–H and O–H groups in total. The standard InChI is InChI=1S/C32H39N5O6/c1-4-20-43-26-9-6-5-8-25(26)37-18-16-36(17-19-37)15-7-14-33-32(42)35-24-12-10-23(11-13-24)29-27(30(38)39)21(2)34-22(3)28(29)31(40)41/h4-6,8-13,20,29,34H,7,14-19H2,1-3H3,(H,38,39)(H,40,41)(H2,33,35,42). The number of aliphatic carboxylic acids is 2. The van der Waals surface area contributed by atoms with E-state index in [-0.39, 0.29) is 17.2 Å². The third kappa shape index (κ3) is 7.75. The molecule has 0 radical (unpaired) electrons. The smallest absolute Gasteiger partial charge is 0.334 e. The number of hydrogen-bond acceptors (Lipinski definition) is 7. The van der Waals surface area contributed by atoms with Crippen molar-refractivity contribution in [3.8, 4) is 5.75 Å². The van der Waals surface area contributed by atoms with E-state index in [1.807, 2.05) is 31.2 Å². The van der Waals surface area contributed by atoms with Crippen LogP contribution in [0.25, 0.3) is 0 Å². The Hall–Kier alpha value is -4.77. The molecule has 2 aromatic carbocycles. The van der Waals surface area contributed by atoms with Gasteiger partial charge in [-0.3, -0.25) is 4.90 Å². The molecular formula is C32H39N5O6. The van der Waals surface area contributed by atoms with Crippen LogP contribution in [0.5, 0.6) is 5.75 Å². The second kappa shape index (κ2) is 14.4. The van der Waals surface area contributed by atoms with Crippen LogP contribution < -0.4 is 25.6 Å². The third-order valence-electron chi connectivity index (χ3n) is 7.57. The number of dihydropyridines is 1. The number of benzene rings is 2. The van der Waals surface area contributed by atoms with Gasteiger partial charge in [0.25, 0.3) is 0 Å². The summed E-state index contributed by atoms with van der Waals surface area (Å²) in [5, 5.41) is 28.1. The zero-order chi connectivity index (χ0) is 30.9. The normalized spacial score (nSPS) is 16.3. The van der Waals surface area contributed by atoms with E-state index < -0.39 is 17.9 Å². The fourth-order valence-corrected chi connectivity index (χ4v) is 5.50. The van der Waals surface area contributed by atoms with E-state index in [9.17, 15) is 24.6 Å². The summed E-state index contributed by atoms with van der Waals surface area (Å²) in [4.78, 5) is 41.2. The minimum absolute atomic E-state index is 0.0221. The number of rotatable bonds is 11. The number of nitrogens with one attached hydrogen (secondary N) is 3. The van der Waals surface area contributed by atoms with Gasteiger partial charge in [-0.05, 0) is 63.6 Å². The Morgan fingerprint density at radius 3 is 2.19 bits per heavy atom. The molecule has 0 saturated carbocycles. The van der Waals surface area contributed by atoms with Gasteiger partial charge < -0.3 is 35.8 Å². The van der Waals surface area contributed by atoms with Crippen LogP contribution in [0.4, 0.5) is 16.2 Å². The highest BCUT2D eigenvalue weighted by molar-refractivity contribution is 5.98. The number of ether oxygens (including phenoxy) is 1. The highest BCUT2D eigenvalue weighted by Gasteiger charge is 2.36. The van der Waals surface area contributed by atoms with Crippen LogP contribution in [0, 0.1) is 0 Å². The number of carbonyl (C=O) groups excluding carboxylic acids is 1. The molecule has 2 aromatic rings. The van der Waals surface area contributed by atoms with Crippen LogP contribution in [-0.2, 0) is 9.59 Å². The number of hydrogen-bond donors (Lipinski definition) is 5. The number of carboxylic acids is 2. The first-order valence-corrected chi connectivity index (χ1v) is 14.3. The van der Waals surface area contributed by atoms with Gasteiger partial charge in [0.2, 0.25) is 0 Å². The number of anilines is 2. The molecule has 2 aliphatic rings. The first kappa shape index (κ1) is 31.2. The largest absolute Gasteiger partial charge is 0.478 e.